The van der Waals surface area contributed by atoms with Crippen LogP contribution >= 0.6 is 0 Å². The summed E-state index contributed by atoms with van der Waals surface area (Å²) in [5.41, 5.74) is -0.541. The van der Waals surface area contributed by atoms with Gasteiger partial charge in [0.25, 0.3) is 5.56 Å². The Balaban J connectivity index is 2.79. The van der Waals surface area contributed by atoms with Crippen LogP contribution in [0.4, 0.5) is 0 Å². The number of nitrogens with one attached hydrogen (secondary N) is 3. The third-order valence-electron chi connectivity index (χ3n) is 2.90. The lowest BCUT2D eigenvalue weighted by molar-refractivity contribution is -0.117. The monoisotopic (exact) mass is 295 g/mol. The number of amides is 1. The van der Waals surface area contributed by atoms with E-state index in [1.54, 1.807) is 6.92 Å². The number of aliphatic hydroxyl groups is 1. The van der Waals surface area contributed by atoms with Crippen LogP contribution in [-0.2, 0) is 4.79 Å². The van der Waals surface area contributed by atoms with Gasteiger partial charge in [-0.2, -0.15) is 0 Å². The average molecular weight is 295 g/mol. The second-order valence-corrected chi connectivity index (χ2v) is 5.30. The highest BCUT2D eigenvalue weighted by Crippen LogP contribution is 2.04. The van der Waals surface area contributed by atoms with Crippen LogP contribution in [0.1, 0.15) is 31.5 Å². The Kier molecular flexibility index (Phi) is 6.10. The number of aryl methyl sites for hydroxylation is 1. The Morgan fingerprint density at radius 3 is 2.52 bits per heavy atom. The van der Waals surface area contributed by atoms with Crippen LogP contribution in [0.15, 0.2) is 15.7 Å². The van der Waals surface area contributed by atoms with Crippen LogP contribution in [-0.4, -0.2) is 33.6 Å². The van der Waals surface area contributed by atoms with Gasteiger partial charge in [-0.05, 0) is 25.3 Å². The number of carbonyl (C=O) groups excluding carboxylic acids is 1. The van der Waals surface area contributed by atoms with E-state index in [4.69, 9.17) is 0 Å². The van der Waals surface area contributed by atoms with Crippen molar-refractivity contribution in [2.45, 2.75) is 33.2 Å². The molecule has 0 aliphatic rings. The average Bonchev–Trinajstić information content (AvgIpc) is 2.35. The quantitative estimate of drug-likeness (QED) is 0.549. The van der Waals surface area contributed by atoms with Gasteiger partial charge in [0.05, 0.1) is 18.2 Å². The second kappa shape index (κ2) is 7.58. The first kappa shape index (κ1) is 16.9. The summed E-state index contributed by atoms with van der Waals surface area (Å²) in [6.07, 6.45) is 3.20. The van der Waals surface area contributed by atoms with Crippen molar-refractivity contribution in [3.05, 3.63) is 38.2 Å². The minimum Gasteiger partial charge on any atom is -0.394 e. The summed E-state index contributed by atoms with van der Waals surface area (Å²) >= 11 is 0. The fraction of sp³-hybridized carbons (Fsp3) is 0.500. The number of aromatic amines is 2. The van der Waals surface area contributed by atoms with E-state index in [1.165, 1.54) is 12.2 Å². The number of aromatic nitrogens is 2. The summed E-state index contributed by atoms with van der Waals surface area (Å²) in [4.78, 5) is 38.9. The molecule has 7 heteroatoms. The zero-order chi connectivity index (χ0) is 16.0. The van der Waals surface area contributed by atoms with Gasteiger partial charge in [-0.25, -0.2) is 4.79 Å². The van der Waals surface area contributed by atoms with E-state index in [-0.39, 0.29) is 18.2 Å². The molecule has 1 heterocycles. The lowest BCUT2D eigenvalue weighted by Gasteiger charge is -2.17. The molecule has 0 aromatic carbocycles. The molecule has 1 atom stereocenters. The SMILES string of the molecule is Cc1[nH]c(=O)[nH]c(=O)c1C=CC(=O)N[C@H](CO)CC(C)C. The zero-order valence-corrected chi connectivity index (χ0v) is 12.4. The van der Waals surface area contributed by atoms with Gasteiger partial charge < -0.3 is 15.4 Å². The molecule has 0 radical (unpaired) electrons. The molecule has 1 rings (SSSR count). The predicted molar refractivity (Wildman–Crippen MR) is 79.9 cm³/mol. The maximum Gasteiger partial charge on any atom is 0.325 e. The molecular weight excluding hydrogens is 274 g/mol. The van der Waals surface area contributed by atoms with Crippen LogP contribution in [0, 0.1) is 12.8 Å². The van der Waals surface area contributed by atoms with E-state index in [2.05, 4.69) is 15.3 Å². The minimum atomic E-state index is -0.587. The summed E-state index contributed by atoms with van der Waals surface area (Å²) in [5, 5.41) is 11.9. The van der Waals surface area contributed by atoms with Crippen molar-refractivity contribution >= 4 is 12.0 Å². The van der Waals surface area contributed by atoms with Gasteiger partial charge in [0.2, 0.25) is 5.91 Å². The number of carbonyl (C=O) groups is 1. The third-order valence-corrected chi connectivity index (χ3v) is 2.90. The zero-order valence-electron chi connectivity index (χ0n) is 12.4. The van der Waals surface area contributed by atoms with Crippen molar-refractivity contribution in [3.8, 4) is 0 Å². The van der Waals surface area contributed by atoms with Gasteiger partial charge >= 0.3 is 5.69 Å². The molecule has 1 aromatic rings. The Hall–Kier alpha value is -2.15. The number of aliphatic hydroxyl groups excluding tert-OH is 1. The number of H-pyrrole nitrogens is 2. The molecule has 0 saturated heterocycles. The van der Waals surface area contributed by atoms with Crippen LogP contribution in [0.25, 0.3) is 6.08 Å². The van der Waals surface area contributed by atoms with Gasteiger partial charge in [-0.3, -0.25) is 14.6 Å². The molecular formula is C14H21N3O4. The maximum atomic E-state index is 11.8. The van der Waals surface area contributed by atoms with E-state index < -0.39 is 17.2 Å². The van der Waals surface area contributed by atoms with Gasteiger partial charge in [-0.1, -0.05) is 13.8 Å². The highest BCUT2D eigenvalue weighted by Gasteiger charge is 2.11. The lowest BCUT2D eigenvalue weighted by atomic mass is 10.0. The third kappa shape index (κ3) is 5.39. The fourth-order valence-corrected chi connectivity index (χ4v) is 1.97. The summed E-state index contributed by atoms with van der Waals surface area (Å²) < 4.78 is 0. The fourth-order valence-electron chi connectivity index (χ4n) is 1.97. The van der Waals surface area contributed by atoms with E-state index in [0.717, 1.165) is 0 Å². The minimum absolute atomic E-state index is 0.143. The summed E-state index contributed by atoms with van der Waals surface area (Å²) in [6.45, 7) is 5.42. The van der Waals surface area contributed by atoms with Crippen LogP contribution in [0.5, 0.6) is 0 Å². The second-order valence-electron chi connectivity index (χ2n) is 5.30. The molecule has 1 amide bonds. The van der Waals surface area contributed by atoms with E-state index in [1.807, 2.05) is 13.8 Å². The number of hydrogen-bond donors (Lipinski definition) is 4. The number of rotatable bonds is 6. The van der Waals surface area contributed by atoms with Crippen molar-refractivity contribution in [1.82, 2.24) is 15.3 Å². The molecule has 21 heavy (non-hydrogen) atoms. The molecule has 0 aliphatic carbocycles. The van der Waals surface area contributed by atoms with Crippen LogP contribution in [0.3, 0.4) is 0 Å². The molecule has 1 aromatic heterocycles. The summed E-state index contributed by atoms with van der Waals surface area (Å²) in [5.74, 6) is -0.0598. The van der Waals surface area contributed by atoms with Gasteiger partial charge in [0.15, 0.2) is 0 Å². The van der Waals surface area contributed by atoms with Crippen molar-refractivity contribution < 1.29 is 9.90 Å². The van der Waals surface area contributed by atoms with Gasteiger partial charge in [0.1, 0.15) is 0 Å². The topological polar surface area (TPSA) is 115 Å². The molecule has 116 valence electrons. The highest BCUT2D eigenvalue weighted by atomic mass is 16.3. The van der Waals surface area contributed by atoms with E-state index >= 15 is 0 Å². The van der Waals surface area contributed by atoms with E-state index in [0.29, 0.717) is 18.0 Å². The smallest absolute Gasteiger partial charge is 0.325 e. The first-order valence-electron chi connectivity index (χ1n) is 6.76. The molecule has 0 aliphatic heterocycles. The van der Waals surface area contributed by atoms with Crippen LogP contribution in [0.2, 0.25) is 0 Å². The Morgan fingerprint density at radius 2 is 2.00 bits per heavy atom. The molecule has 0 spiro atoms. The Bertz CT molecular complexity index is 628. The maximum absolute atomic E-state index is 11.8. The van der Waals surface area contributed by atoms with Crippen molar-refractivity contribution in [1.29, 1.82) is 0 Å². The molecule has 0 bridgehead atoms. The molecule has 0 saturated carbocycles. The normalized spacial score (nSPS) is 12.8. The lowest BCUT2D eigenvalue weighted by Crippen LogP contribution is -2.37. The van der Waals surface area contributed by atoms with E-state index in [9.17, 15) is 19.5 Å². The van der Waals surface area contributed by atoms with Crippen LogP contribution < -0.4 is 16.6 Å². The van der Waals surface area contributed by atoms with Gasteiger partial charge in [0, 0.05) is 11.8 Å². The Labute approximate surface area is 122 Å². The number of hydrogen-bond acceptors (Lipinski definition) is 4. The molecule has 4 N–H and O–H groups in total. The first-order chi connectivity index (χ1) is 9.83. The van der Waals surface area contributed by atoms with Crippen molar-refractivity contribution in [3.63, 3.8) is 0 Å². The predicted octanol–water partition coefficient (Wildman–Crippen LogP) is -0.0920. The standard InChI is InChI=1S/C14H21N3O4/c1-8(2)6-10(7-18)16-12(19)5-4-11-9(3)15-14(21)17-13(11)20/h4-5,8,10,18H,6-7H2,1-3H3,(H,16,19)(H2,15,17,20,21)/t10-/m0/s1. The highest BCUT2D eigenvalue weighted by molar-refractivity contribution is 5.91. The largest absolute Gasteiger partial charge is 0.394 e. The first-order valence-corrected chi connectivity index (χ1v) is 6.76. The summed E-state index contributed by atoms with van der Waals surface area (Å²) in [6, 6.07) is -0.322. The Morgan fingerprint density at radius 1 is 1.33 bits per heavy atom. The molecule has 7 nitrogen and oxygen atoms in total. The van der Waals surface area contributed by atoms with Gasteiger partial charge in [-0.15, -0.1) is 0 Å². The van der Waals surface area contributed by atoms with Crippen molar-refractivity contribution in [2.75, 3.05) is 6.61 Å². The molecule has 0 unspecified atom stereocenters. The van der Waals surface area contributed by atoms with Crippen molar-refractivity contribution in [2.24, 2.45) is 5.92 Å². The molecule has 0 fully saturated rings. The summed E-state index contributed by atoms with van der Waals surface area (Å²) in [7, 11) is 0.